The lowest BCUT2D eigenvalue weighted by Crippen LogP contribution is -2.27. The van der Waals surface area contributed by atoms with Crippen LogP contribution in [0.5, 0.6) is 11.5 Å². The first-order chi connectivity index (χ1) is 9.65. The molecule has 0 saturated carbocycles. The van der Waals surface area contributed by atoms with Gasteiger partial charge in [-0.25, -0.2) is 0 Å². The van der Waals surface area contributed by atoms with Crippen molar-refractivity contribution >= 4 is 5.91 Å². The van der Waals surface area contributed by atoms with Crippen molar-refractivity contribution in [2.24, 2.45) is 0 Å². The number of rotatable bonds is 5. The van der Waals surface area contributed by atoms with Crippen molar-refractivity contribution in [2.75, 3.05) is 14.2 Å². The Hall–Kier alpha value is -2.50. The fraction of sp³-hybridized carbons (Fsp3) is 0.286. The molecule has 6 heteroatoms. The Bertz CT molecular complexity index is 581. The van der Waals surface area contributed by atoms with Crippen molar-refractivity contribution in [1.82, 2.24) is 15.5 Å². The molecule has 0 spiro atoms. The van der Waals surface area contributed by atoms with Crippen LogP contribution in [-0.2, 0) is 0 Å². The fourth-order valence-corrected chi connectivity index (χ4v) is 1.91. The summed E-state index contributed by atoms with van der Waals surface area (Å²) in [5.41, 5.74) is 1.26. The van der Waals surface area contributed by atoms with Gasteiger partial charge in [0, 0.05) is 11.8 Å². The Morgan fingerprint density at radius 3 is 2.70 bits per heavy atom. The normalized spacial score (nSPS) is 11.8. The van der Waals surface area contributed by atoms with E-state index in [1.54, 1.807) is 20.3 Å². The molecule has 0 fully saturated rings. The summed E-state index contributed by atoms with van der Waals surface area (Å²) in [5, 5.41) is 9.26. The molecule has 0 unspecified atom stereocenters. The van der Waals surface area contributed by atoms with Crippen LogP contribution in [0.2, 0.25) is 0 Å². The summed E-state index contributed by atoms with van der Waals surface area (Å²) in [7, 11) is 3.19. The Balaban J connectivity index is 2.19. The maximum absolute atomic E-state index is 12.0. The smallest absolute Gasteiger partial charge is 0.269 e. The van der Waals surface area contributed by atoms with Gasteiger partial charge in [0.25, 0.3) is 5.91 Å². The fourth-order valence-electron chi connectivity index (χ4n) is 1.91. The van der Waals surface area contributed by atoms with Crippen LogP contribution >= 0.6 is 0 Å². The van der Waals surface area contributed by atoms with Gasteiger partial charge in [0.2, 0.25) is 0 Å². The van der Waals surface area contributed by atoms with Crippen molar-refractivity contribution in [2.45, 2.75) is 13.0 Å². The van der Waals surface area contributed by atoms with E-state index in [9.17, 15) is 4.79 Å². The van der Waals surface area contributed by atoms with E-state index < -0.39 is 0 Å². The quantitative estimate of drug-likeness (QED) is 0.874. The van der Waals surface area contributed by atoms with Gasteiger partial charge in [0.15, 0.2) is 0 Å². The number of aromatic nitrogens is 2. The summed E-state index contributed by atoms with van der Waals surface area (Å²) >= 11 is 0. The van der Waals surface area contributed by atoms with Crippen molar-refractivity contribution in [1.29, 1.82) is 0 Å². The number of hydrogen-bond donors (Lipinski definition) is 2. The first kappa shape index (κ1) is 13.9. The number of carbonyl (C=O) groups excluding carboxylic acids is 1. The SMILES string of the molecule is COc1ccc(OC)c([C@@H](C)NC(=O)c2ccn[nH]2)c1. The summed E-state index contributed by atoms with van der Waals surface area (Å²) in [4.78, 5) is 12.0. The summed E-state index contributed by atoms with van der Waals surface area (Å²) in [6.45, 7) is 1.88. The molecule has 106 valence electrons. The van der Waals surface area contributed by atoms with Gasteiger partial charge >= 0.3 is 0 Å². The first-order valence-corrected chi connectivity index (χ1v) is 6.18. The van der Waals surface area contributed by atoms with Crippen molar-refractivity contribution < 1.29 is 14.3 Å². The molecule has 20 heavy (non-hydrogen) atoms. The van der Waals surface area contributed by atoms with E-state index >= 15 is 0 Å². The molecule has 1 aromatic carbocycles. The third-order valence-electron chi connectivity index (χ3n) is 3.00. The van der Waals surface area contributed by atoms with Gasteiger partial charge in [-0.3, -0.25) is 9.89 Å². The number of aromatic amines is 1. The molecule has 2 rings (SSSR count). The predicted molar refractivity (Wildman–Crippen MR) is 74.0 cm³/mol. The number of benzene rings is 1. The molecule has 6 nitrogen and oxygen atoms in total. The average molecular weight is 275 g/mol. The van der Waals surface area contributed by atoms with Gasteiger partial charge in [-0.2, -0.15) is 5.10 Å². The minimum atomic E-state index is -0.226. The molecule has 0 saturated heterocycles. The summed E-state index contributed by atoms with van der Waals surface area (Å²) in [6, 6.07) is 6.86. The Morgan fingerprint density at radius 2 is 2.10 bits per heavy atom. The number of hydrogen-bond acceptors (Lipinski definition) is 4. The van der Waals surface area contributed by atoms with Crippen LogP contribution in [0.3, 0.4) is 0 Å². The molecule has 1 heterocycles. The van der Waals surface area contributed by atoms with Gasteiger partial charge < -0.3 is 14.8 Å². The maximum Gasteiger partial charge on any atom is 0.269 e. The number of nitrogens with one attached hydrogen (secondary N) is 2. The highest BCUT2D eigenvalue weighted by molar-refractivity contribution is 5.92. The average Bonchev–Trinajstić information content (AvgIpc) is 3.00. The number of amides is 1. The van der Waals surface area contributed by atoms with Gasteiger partial charge in [0.1, 0.15) is 17.2 Å². The minimum absolute atomic E-state index is 0.222. The van der Waals surface area contributed by atoms with Gasteiger partial charge in [-0.15, -0.1) is 0 Å². The number of ether oxygens (including phenoxy) is 2. The van der Waals surface area contributed by atoms with Gasteiger partial charge in [-0.1, -0.05) is 0 Å². The summed E-state index contributed by atoms with van der Waals surface area (Å²) < 4.78 is 10.5. The second-order valence-corrected chi connectivity index (χ2v) is 4.27. The third-order valence-corrected chi connectivity index (χ3v) is 3.00. The highest BCUT2D eigenvalue weighted by Crippen LogP contribution is 2.29. The largest absolute Gasteiger partial charge is 0.497 e. The second kappa shape index (κ2) is 6.10. The van der Waals surface area contributed by atoms with Crippen LogP contribution in [0.15, 0.2) is 30.5 Å². The molecular formula is C14H17N3O3. The van der Waals surface area contributed by atoms with Crippen molar-refractivity contribution in [3.8, 4) is 11.5 Å². The highest BCUT2D eigenvalue weighted by atomic mass is 16.5. The van der Waals surface area contributed by atoms with Crippen molar-refractivity contribution in [3.05, 3.63) is 41.7 Å². The molecule has 0 aliphatic rings. The van der Waals surface area contributed by atoms with E-state index in [2.05, 4.69) is 15.5 Å². The molecule has 0 aliphatic heterocycles. The van der Waals surface area contributed by atoms with Crippen LogP contribution < -0.4 is 14.8 Å². The van der Waals surface area contributed by atoms with E-state index in [1.807, 2.05) is 25.1 Å². The van der Waals surface area contributed by atoms with Crippen molar-refractivity contribution in [3.63, 3.8) is 0 Å². The van der Waals surface area contributed by atoms with E-state index in [1.165, 1.54) is 6.20 Å². The molecule has 1 amide bonds. The van der Waals surface area contributed by atoms with Crippen LogP contribution in [0.1, 0.15) is 29.0 Å². The predicted octanol–water partition coefficient (Wildman–Crippen LogP) is 1.92. The molecule has 2 N–H and O–H groups in total. The van der Waals surface area contributed by atoms with E-state index in [-0.39, 0.29) is 11.9 Å². The molecular weight excluding hydrogens is 258 g/mol. The van der Waals surface area contributed by atoms with E-state index in [4.69, 9.17) is 9.47 Å². The molecule has 0 aliphatic carbocycles. The number of nitrogens with zero attached hydrogens (tertiary/aromatic N) is 1. The lowest BCUT2D eigenvalue weighted by molar-refractivity contribution is 0.0934. The minimum Gasteiger partial charge on any atom is -0.497 e. The second-order valence-electron chi connectivity index (χ2n) is 4.27. The van der Waals surface area contributed by atoms with Crippen LogP contribution in [0.25, 0.3) is 0 Å². The van der Waals surface area contributed by atoms with Gasteiger partial charge in [0.05, 0.1) is 20.3 Å². The Morgan fingerprint density at radius 1 is 1.30 bits per heavy atom. The topological polar surface area (TPSA) is 76.2 Å². The molecule has 2 aromatic rings. The zero-order valence-electron chi connectivity index (χ0n) is 11.6. The Kier molecular flexibility index (Phi) is 4.24. The van der Waals surface area contributed by atoms with Gasteiger partial charge in [-0.05, 0) is 31.2 Å². The standard InChI is InChI=1S/C14H17N3O3/c1-9(16-14(18)12-6-7-15-17-12)11-8-10(19-2)4-5-13(11)20-3/h4-9H,1-3H3,(H,15,17)(H,16,18)/t9-/m1/s1. The lowest BCUT2D eigenvalue weighted by atomic mass is 10.1. The first-order valence-electron chi connectivity index (χ1n) is 6.18. The lowest BCUT2D eigenvalue weighted by Gasteiger charge is -2.17. The zero-order valence-corrected chi connectivity index (χ0v) is 11.6. The number of methoxy groups -OCH3 is 2. The summed E-state index contributed by atoms with van der Waals surface area (Å²) in [5.74, 6) is 1.19. The van der Waals surface area contributed by atoms with E-state index in [0.29, 0.717) is 17.2 Å². The van der Waals surface area contributed by atoms with Crippen LogP contribution in [0, 0.1) is 0 Å². The molecule has 0 bridgehead atoms. The number of carbonyl (C=O) groups is 1. The highest BCUT2D eigenvalue weighted by Gasteiger charge is 2.16. The van der Waals surface area contributed by atoms with Crippen LogP contribution in [-0.4, -0.2) is 30.3 Å². The zero-order chi connectivity index (χ0) is 14.5. The molecule has 1 aromatic heterocycles. The summed E-state index contributed by atoms with van der Waals surface area (Å²) in [6.07, 6.45) is 1.53. The van der Waals surface area contributed by atoms with Crippen LogP contribution in [0.4, 0.5) is 0 Å². The number of H-pyrrole nitrogens is 1. The van der Waals surface area contributed by atoms with E-state index in [0.717, 1.165) is 5.56 Å². The third kappa shape index (κ3) is 2.90. The molecule has 1 atom stereocenters. The monoisotopic (exact) mass is 275 g/mol. The maximum atomic E-state index is 12.0. The Labute approximate surface area is 117 Å². The molecule has 0 radical (unpaired) electrons.